The zero-order valence-electron chi connectivity index (χ0n) is 15.8. The fraction of sp³-hybridized carbons (Fsp3) is 0.316. The standard InChI is InChI=1S/C19H22N4O5/c1-4-21-19(26)17-16(15-5-10(8-20)22-27-15)18(28-23-17)12-6-11(9(2)3)13(24)7-14(12)25/h5-7,9,24-25H,4,8,20H2,1-3H3,(H,21,26). The van der Waals surface area contributed by atoms with Crippen molar-refractivity contribution in [2.24, 2.45) is 5.73 Å². The fourth-order valence-electron chi connectivity index (χ4n) is 2.87. The summed E-state index contributed by atoms with van der Waals surface area (Å²) in [5.41, 5.74) is 7.20. The van der Waals surface area contributed by atoms with Crippen LogP contribution in [0.1, 0.15) is 48.4 Å². The summed E-state index contributed by atoms with van der Waals surface area (Å²) in [6.07, 6.45) is 0. The van der Waals surface area contributed by atoms with Gasteiger partial charge in [0, 0.05) is 25.2 Å². The van der Waals surface area contributed by atoms with E-state index >= 15 is 0 Å². The van der Waals surface area contributed by atoms with Crippen LogP contribution in [0.4, 0.5) is 0 Å². The normalized spacial score (nSPS) is 11.2. The number of phenolic OH excluding ortho intramolecular Hbond substituents is 2. The molecule has 9 heteroatoms. The highest BCUT2D eigenvalue weighted by atomic mass is 16.5. The maximum Gasteiger partial charge on any atom is 0.274 e. The van der Waals surface area contributed by atoms with Crippen LogP contribution < -0.4 is 11.1 Å². The largest absolute Gasteiger partial charge is 0.508 e. The highest BCUT2D eigenvalue weighted by Crippen LogP contribution is 2.43. The van der Waals surface area contributed by atoms with E-state index in [1.165, 1.54) is 6.07 Å². The van der Waals surface area contributed by atoms with Crippen LogP contribution in [0, 0.1) is 0 Å². The first kappa shape index (κ1) is 19.4. The van der Waals surface area contributed by atoms with Crippen LogP contribution in [0.2, 0.25) is 0 Å². The van der Waals surface area contributed by atoms with Gasteiger partial charge in [-0.2, -0.15) is 0 Å². The van der Waals surface area contributed by atoms with Gasteiger partial charge in [0.05, 0.1) is 11.3 Å². The Bertz CT molecular complexity index is 1010. The van der Waals surface area contributed by atoms with Gasteiger partial charge in [0.2, 0.25) is 0 Å². The molecule has 5 N–H and O–H groups in total. The molecule has 0 aliphatic carbocycles. The number of carbonyl (C=O) groups excluding carboxylic acids is 1. The Labute approximate surface area is 161 Å². The third-order valence-electron chi connectivity index (χ3n) is 4.27. The zero-order valence-corrected chi connectivity index (χ0v) is 15.8. The summed E-state index contributed by atoms with van der Waals surface area (Å²) < 4.78 is 10.8. The van der Waals surface area contributed by atoms with Crippen LogP contribution in [-0.4, -0.2) is 33.0 Å². The van der Waals surface area contributed by atoms with Gasteiger partial charge in [0.15, 0.2) is 17.2 Å². The van der Waals surface area contributed by atoms with Crippen molar-refractivity contribution < 1.29 is 24.1 Å². The molecule has 0 saturated heterocycles. The lowest BCUT2D eigenvalue weighted by Gasteiger charge is -2.11. The average molecular weight is 386 g/mol. The average Bonchev–Trinajstić information content (AvgIpc) is 3.28. The number of nitrogens with zero attached hydrogens (tertiary/aromatic N) is 2. The lowest BCUT2D eigenvalue weighted by atomic mass is 9.95. The molecule has 28 heavy (non-hydrogen) atoms. The highest BCUT2D eigenvalue weighted by molar-refractivity contribution is 6.01. The molecule has 9 nitrogen and oxygen atoms in total. The van der Waals surface area contributed by atoms with Gasteiger partial charge in [-0.25, -0.2) is 0 Å². The molecule has 2 aromatic heterocycles. The minimum Gasteiger partial charge on any atom is -0.508 e. The highest BCUT2D eigenvalue weighted by Gasteiger charge is 2.29. The summed E-state index contributed by atoms with van der Waals surface area (Å²) in [4.78, 5) is 12.5. The van der Waals surface area contributed by atoms with Crippen LogP contribution in [0.3, 0.4) is 0 Å². The molecule has 3 aromatic rings. The van der Waals surface area contributed by atoms with Crippen molar-refractivity contribution in [3.8, 4) is 34.1 Å². The van der Waals surface area contributed by atoms with E-state index in [0.29, 0.717) is 17.8 Å². The number of nitrogens with one attached hydrogen (secondary N) is 1. The van der Waals surface area contributed by atoms with Gasteiger partial charge in [-0.3, -0.25) is 4.79 Å². The summed E-state index contributed by atoms with van der Waals surface area (Å²) >= 11 is 0. The monoisotopic (exact) mass is 386 g/mol. The summed E-state index contributed by atoms with van der Waals surface area (Å²) in [5.74, 6) is -0.369. The minimum atomic E-state index is -0.458. The van der Waals surface area contributed by atoms with E-state index in [4.69, 9.17) is 14.8 Å². The lowest BCUT2D eigenvalue weighted by Crippen LogP contribution is -2.23. The number of hydrogen-bond acceptors (Lipinski definition) is 8. The number of hydrogen-bond donors (Lipinski definition) is 4. The first-order valence-electron chi connectivity index (χ1n) is 8.87. The molecule has 0 bridgehead atoms. The van der Waals surface area contributed by atoms with Crippen LogP contribution in [0.15, 0.2) is 27.2 Å². The molecule has 0 aliphatic rings. The maximum absolute atomic E-state index is 12.5. The van der Waals surface area contributed by atoms with E-state index < -0.39 is 5.91 Å². The van der Waals surface area contributed by atoms with Gasteiger partial charge in [-0.15, -0.1) is 0 Å². The van der Waals surface area contributed by atoms with Crippen LogP contribution >= 0.6 is 0 Å². The van der Waals surface area contributed by atoms with Crippen molar-refractivity contribution in [1.29, 1.82) is 0 Å². The van der Waals surface area contributed by atoms with Gasteiger partial charge in [-0.05, 0) is 24.5 Å². The van der Waals surface area contributed by atoms with Crippen LogP contribution in [0.25, 0.3) is 22.6 Å². The van der Waals surface area contributed by atoms with Crippen LogP contribution in [0.5, 0.6) is 11.5 Å². The van der Waals surface area contributed by atoms with E-state index in [0.717, 1.165) is 0 Å². The number of nitrogens with two attached hydrogens (primary N) is 1. The number of aromatic nitrogens is 2. The smallest absolute Gasteiger partial charge is 0.274 e. The first-order chi connectivity index (χ1) is 13.4. The third kappa shape index (κ3) is 3.44. The zero-order chi connectivity index (χ0) is 20.4. The Kier molecular flexibility index (Phi) is 5.36. The molecule has 0 fully saturated rings. The SMILES string of the molecule is CCNC(=O)c1noc(-c2cc(C(C)C)c(O)cc2O)c1-c1cc(CN)no1. The number of amides is 1. The van der Waals surface area contributed by atoms with Crippen molar-refractivity contribution in [2.75, 3.05) is 6.54 Å². The Morgan fingerprint density at radius 1 is 1.18 bits per heavy atom. The molecular weight excluding hydrogens is 364 g/mol. The van der Waals surface area contributed by atoms with E-state index in [9.17, 15) is 15.0 Å². The summed E-state index contributed by atoms with van der Waals surface area (Å²) in [7, 11) is 0. The van der Waals surface area contributed by atoms with Crippen molar-refractivity contribution >= 4 is 5.91 Å². The third-order valence-corrected chi connectivity index (χ3v) is 4.27. The predicted octanol–water partition coefficient (Wildman–Crippen LogP) is 2.74. The van der Waals surface area contributed by atoms with E-state index in [1.54, 1.807) is 19.1 Å². The Balaban J connectivity index is 2.25. The minimum absolute atomic E-state index is 0.00450. The molecule has 148 valence electrons. The number of phenols is 2. The summed E-state index contributed by atoms with van der Waals surface area (Å²) in [5, 5.41) is 30.9. The molecule has 1 aromatic carbocycles. The van der Waals surface area contributed by atoms with Gasteiger partial charge in [0.1, 0.15) is 17.1 Å². The molecule has 0 unspecified atom stereocenters. The van der Waals surface area contributed by atoms with Crippen molar-refractivity contribution in [3.63, 3.8) is 0 Å². The Hall–Kier alpha value is -3.33. The van der Waals surface area contributed by atoms with Crippen molar-refractivity contribution in [3.05, 3.63) is 35.2 Å². The second-order valence-corrected chi connectivity index (χ2v) is 6.56. The quantitative estimate of drug-likeness (QED) is 0.505. The van der Waals surface area contributed by atoms with Gasteiger partial charge in [0.25, 0.3) is 5.91 Å². The second kappa shape index (κ2) is 7.73. The van der Waals surface area contributed by atoms with Gasteiger partial charge < -0.3 is 30.3 Å². The van der Waals surface area contributed by atoms with Crippen molar-refractivity contribution in [2.45, 2.75) is 33.2 Å². The van der Waals surface area contributed by atoms with E-state index in [-0.39, 0.29) is 52.3 Å². The van der Waals surface area contributed by atoms with Crippen LogP contribution in [-0.2, 0) is 6.54 Å². The molecule has 0 radical (unpaired) electrons. The molecular formula is C19H22N4O5. The second-order valence-electron chi connectivity index (χ2n) is 6.56. The molecule has 0 aliphatic heterocycles. The Morgan fingerprint density at radius 2 is 1.93 bits per heavy atom. The molecule has 0 saturated carbocycles. The van der Waals surface area contributed by atoms with E-state index in [1.807, 2.05) is 13.8 Å². The van der Waals surface area contributed by atoms with Gasteiger partial charge >= 0.3 is 0 Å². The predicted molar refractivity (Wildman–Crippen MR) is 101 cm³/mol. The number of carbonyl (C=O) groups is 1. The van der Waals surface area contributed by atoms with E-state index in [2.05, 4.69) is 15.6 Å². The first-order valence-corrected chi connectivity index (χ1v) is 8.87. The van der Waals surface area contributed by atoms with Crippen molar-refractivity contribution in [1.82, 2.24) is 15.6 Å². The number of rotatable bonds is 6. The molecule has 3 rings (SSSR count). The number of benzene rings is 1. The maximum atomic E-state index is 12.5. The molecule has 0 atom stereocenters. The fourth-order valence-corrected chi connectivity index (χ4v) is 2.87. The Morgan fingerprint density at radius 3 is 2.54 bits per heavy atom. The molecule has 1 amide bonds. The van der Waals surface area contributed by atoms with Gasteiger partial charge in [-0.1, -0.05) is 24.2 Å². The molecule has 0 spiro atoms. The summed E-state index contributed by atoms with van der Waals surface area (Å²) in [6, 6.07) is 4.41. The number of aromatic hydroxyl groups is 2. The summed E-state index contributed by atoms with van der Waals surface area (Å²) in [6.45, 7) is 6.14. The molecule has 2 heterocycles. The lowest BCUT2D eigenvalue weighted by molar-refractivity contribution is 0.0947. The topological polar surface area (TPSA) is 148 Å².